The van der Waals surface area contributed by atoms with E-state index in [2.05, 4.69) is 35.6 Å². The van der Waals surface area contributed by atoms with Crippen molar-refractivity contribution in [3.8, 4) is 11.5 Å². The van der Waals surface area contributed by atoms with Crippen LogP contribution in [-0.2, 0) is 11.3 Å². The van der Waals surface area contributed by atoms with Gasteiger partial charge < -0.3 is 24.6 Å². The summed E-state index contributed by atoms with van der Waals surface area (Å²) in [6.07, 6.45) is 0. The van der Waals surface area contributed by atoms with E-state index < -0.39 is 0 Å². The second kappa shape index (κ2) is 9.39. The van der Waals surface area contributed by atoms with Crippen LogP contribution in [0.15, 0.2) is 48.5 Å². The third-order valence-corrected chi connectivity index (χ3v) is 5.04. The molecule has 3 N–H and O–H groups in total. The molecule has 1 amide bonds. The summed E-state index contributed by atoms with van der Waals surface area (Å²) in [5.41, 5.74) is 2.10. The summed E-state index contributed by atoms with van der Waals surface area (Å²) in [6.45, 7) is 5.77. The lowest BCUT2D eigenvalue weighted by Crippen LogP contribution is -3.28. The SMILES string of the molecule is COc1ccc(NC(=O)C[NH+]2CC[NH+](Cc3ccccc3)CC2)cc1OC. The van der Waals surface area contributed by atoms with E-state index in [4.69, 9.17) is 9.47 Å². The number of quaternary nitrogens is 2. The molecule has 1 aliphatic rings. The number of carbonyl (C=O) groups is 1. The molecule has 0 unspecified atom stereocenters. The summed E-state index contributed by atoms with van der Waals surface area (Å²) in [7, 11) is 3.18. The Kier molecular flexibility index (Phi) is 6.68. The Morgan fingerprint density at radius 3 is 2.26 bits per heavy atom. The van der Waals surface area contributed by atoms with Crippen molar-refractivity contribution < 1.29 is 24.1 Å². The first-order valence-electron chi connectivity index (χ1n) is 9.41. The zero-order valence-corrected chi connectivity index (χ0v) is 16.1. The van der Waals surface area contributed by atoms with Crippen LogP contribution in [0.25, 0.3) is 0 Å². The van der Waals surface area contributed by atoms with Crippen molar-refractivity contribution in [2.45, 2.75) is 6.54 Å². The minimum absolute atomic E-state index is 0.0312. The Bertz CT molecular complexity index is 744. The molecule has 1 aliphatic heterocycles. The topological polar surface area (TPSA) is 56.4 Å². The van der Waals surface area contributed by atoms with Crippen molar-refractivity contribution in [2.75, 3.05) is 52.3 Å². The lowest BCUT2D eigenvalue weighted by atomic mass is 10.2. The van der Waals surface area contributed by atoms with E-state index in [0.29, 0.717) is 18.0 Å². The predicted octanol–water partition coefficient (Wildman–Crippen LogP) is -0.374. The van der Waals surface area contributed by atoms with Gasteiger partial charge in [-0.15, -0.1) is 0 Å². The first kappa shape index (κ1) is 19.2. The monoisotopic (exact) mass is 371 g/mol. The second-order valence-electron chi connectivity index (χ2n) is 6.96. The van der Waals surface area contributed by atoms with Crippen LogP contribution in [0.1, 0.15) is 5.56 Å². The maximum atomic E-state index is 12.4. The molecular weight excluding hydrogens is 342 g/mol. The van der Waals surface area contributed by atoms with Crippen LogP contribution < -0.4 is 24.6 Å². The normalized spacial score (nSPS) is 19.3. The molecule has 1 fully saturated rings. The third kappa shape index (κ3) is 5.45. The number of hydrogen-bond donors (Lipinski definition) is 3. The number of hydrogen-bond acceptors (Lipinski definition) is 3. The van der Waals surface area contributed by atoms with Gasteiger partial charge in [0.2, 0.25) is 0 Å². The van der Waals surface area contributed by atoms with Crippen LogP contribution in [-0.4, -0.2) is 52.9 Å². The van der Waals surface area contributed by atoms with Gasteiger partial charge in [-0.25, -0.2) is 0 Å². The molecule has 1 heterocycles. The van der Waals surface area contributed by atoms with Crippen LogP contribution >= 0.6 is 0 Å². The summed E-state index contributed by atoms with van der Waals surface area (Å²) < 4.78 is 10.5. The molecule has 0 aliphatic carbocycles. The molecule has 0 spiro atoms. The molecule has 0 radical (unpaired) electrons. The van der Waals surface area contributed by atoms with Crippen molar-refractivity contribution in [1.82, 2.24) is 0 Å². The van der Waals surface area contributed by atoms with Gasteiger partial charge in [-0.3, -0.25) is 4.79 Å². The average Bonchev–Trinajstić information content (AvgIpc) is 2.70. The van der Waals surface area contributed by atoms with Crippen LogP contribution in [0.2, 0.25) is 0 Å². The molecule has 0 saturated carbocycles. The van der Waals surface area contributed by atoms with Gasteiger partial charge in [0.15, 0.2) is 18.0 Å². The lowest BCUT2D eigenvalue weighted by Gasteiger charge is -2.29. The molecule has 6 heteroatoms. The largest absolute Gasteiger partial charge is 0.493 e. The minimum Gasteiger partial charge on any atom is -0.493 e. The van der Waals surface area contributed by atoms with Gasteiger partial charge in [-0.05, 0) is 12.1 Å². The highest BCUT2D eigenvalue weighted by Gasteiger charge is 2.24. The summed E-state index contributed by atoms with van der Waals surface area (Å²) in [5, 5.41) is 2.96. The Labute approximate surface area is 160 Å². The number of nitrogens with one attached hydrogen (secondary N) is 3. The van der Waals surface area contributed by atoms with Crippen molar-refractivity contribution in [2.24, 2.45) is 0 Å². The fraction of sp³-hybridized carbons (Fsp3) is 0.381. The number of anilines is 1. The zero-order valence-electron chi connectivity index (χ0n) is 16.1. The Balaban J connectivity index is 1.45. The van der Waals surface area contributed by atoms with E-state index in [1.807, 2.05) is 6.07 Å². The van der Waals surface area contributed by atoms with E-state index >= 15 is 0 Å². The maximum Gasteiger partial charge on any atom is 0.279 e. The highest BCUT2D eigenvalue weighted by Crippen LogP contribution is 2.29. The second-order valence-corrected chi connectivity index (χ2v) is 6.96. The average molecular weight is 371 g/mol. The van der Waals surface area contributed by atoms with Crippen LogP contribution in [0.4, 0.5) is 5.69 Å². The smallest absolute Gasteiger partial charge is 0.279 e. The Morgan fingerprint density at radius 2 is 1.59 bits per heavy atom. The lowest BCUT2D eigenvalue weighted by molar-refractivity contribution is -1.02. The number of methoxy groups -OCH3 is 2. The number of carbonyl (C=O) groups excluding carboxylic acids is 1. The number of rotatable bonds is 7. The zero-order chi connectivity index (χ0) is 19.1. The quantitative estimate of drug-likeness (QED) is 0.622. The van der Waals surface area contributed by atoms with Crippen molar-refractivity contribution in [1.29, 1.82) is 0 Å². The number of amides is 1. The predicted molar refractivity (Wildman–Crippen MR) is 105 cm³/mol. The van der Waals surface area contributed by atoms with Crippen LogP contribution in [0, 0.1) is 0 Å². The van der Waals surface area contributed by atoms with E-state index in [-0.39, 0.29) is 5.91 Å². The van der Waals surface area contributed by atoms with Gasteiger partial charge in [0, 0.05) is 17.3 Å². The van der Waals surface area contributed by atoms with Gasteiger partial charge in [-0.2, -0.15) is 0 Å². The van der Waals surface area contributed by atoms with Crippen molar-refractivity contribution in [3.05, 3.63) is 54.1 Å². The number of piperazine rings is 1. The molecule has 27 heavy (non-hydrogen) atoms. The maximum absolute atomic E-state index is 12.4. The van der Waals surface area contributed by atoms with Gasteiger partial charge in [0.05, 0.1) is 14.2 Å². The molecule has 1 saturated heterocycles. The molecule has 6 nitrogen and oxygen atoms in total. The molecule has 0 bridgehead atoms. The number of benzene rings is 2. The summed E-state index contributed by atoms with van der Waals surface area (Å²) in [6, 6.07) is 16.0. The van der Waals surface area contributed by atoms with Crippen LogP contribution in [0.5, 0.6) is 11.5 Å². The van der Waals surface area contributed by atoms with Crippen molar-refractivity contribution in [3.63, 3.8) is 0 Å². The first-order chi connectivity index (χ1) is 13.2. The van der Waals surface area contributed by atoms with E-state index in [1.54, 1.807) is 31.3 Å². The van der Waals surface area contributed by atoms with Crippen LogP contribution in [0.3, 0.4) is 0 Å². The molecular formula is C21H29N3O3+2. The summed E-state index contributed by atoms with van der Waals surface area (Å²) in [4.78, 5) is 15.3. The van der Waals surface area contributed by atoms with Gasteiger partial charge in [-0.1, -0.05) is 30.3 Å². The highest BCUT2D eigenvalue weighted by atomic mass is 16.5. The Hall–Kier alpha value is -2.57. The standard InChI is InChI=1S/C21H27N3O3/c1-26-19-9-8-18(14-20(19)27-2)22-21(25)16-24-12-10-23(11-13-24)15-17-6-4-3-5-7-17/h3-9,14H,10-13,15-16H2,1-2H3,(H,22,25)/p+2. The number of ether oxygens (including phenoxy) is 2. The molecule has 144 valence electrons. The minimum atomic E-state index is 0.0312. The molecule has 0 aromatic heterocycles. The van der Waals surface area contributed by atoms with E-state index in [0.717, 1.165) is 38.4 Å². The third-order valence-electron chi connectivity index (χ3n) is 5.04. The van der Waals surface area contributed by atoms with E-state index in [9.17, 15) is 4.79 Å². The summed E-state index contributed by atoms with van der Waals surface area (Å²) in [5.74, 6) is 1.29. The van der Waals surface area contributed by atoms with E-state index in [1.165, 1.54) is 10.5 Å². The Morgan fingerprint density at radius 1 is 0.926 bits per heavy atom. The first-order valence-corrected chi connectivity index (χ1v) is 9.41. The van der Waals surface area contributed by atoms with Crippen molar-refractivity contribution >= 4 is 11.6 Å². The van der Waals surface area contributed by atoms with Gasteiger partial charge in [0.25, 0.3) is 5.91 Å². The molecule has 2 aromatic rings. The molecule has 0 atom stereocenters. The van der Waals surface area contributed by atoms with Gasteiger partial charge in [0.1, 0.15) is 32.7 Å². The molecule has 2 aromatic carbocycles. The summed E-state index contributed by atoms with van der Waals surface area (Å²) >= 11 is 0. The highest BCUT2D eigenvalue weighted by molar-refractivity contribution is 5.91. The fourth-order valence-corrected chi connectivity index (χ4v) is 3.54. The fourth-order valence-electron chi connectivity index (χ4n) is 3.54. The van der Waals surface area contributed by atoms with Gasteiger partial charge >= 0.3 is 0 Å². The molecule has 3 rings (SSSR count).